The van der Waals surface area contributed by atoms with Gasteiger partial charge in [-0.1, -0.05) is 20.8 Å². The molecule has 2 bridgehead atoms. The number of nitrogens with zero attached hydrogens (tertiary/aromatic N) is 1. The molecule has 3 heteroatoms. The Hall–Kier alpha value is -0.570. The van der Waals surface area contributed by atoms with E-state index < -0.39 is 0 Å². The summed E-state index contributed by atoms with van der Waals surface area (Å²) in [4.78, 5) is 13.3. The molecule has 2 aliphatic carbocycles. The minimum Gasteiger partial charge on any atom is -0.349 e. The minimum absolute atomic E-state index is 0.216. The van der Waals surface area contributed by atoms with Gasteiger partial charge in [-0.15, -0.1) is 0 Å². The fraction of sp³-hybridized carbons (Fsp3) is 0.933. The van der Waals surface area contributed by atoms with E-state index in [1.807, 2.05) is 14.1 Å². The first-order valence-electron chi connectivity index (χ1n) is 7.21. The van der Waals surface area contributed by atoms with Gasteiger partial charge in [-0.2, -0.15) is 0 Å². The summed E-state index contributed by atoms with van der Waals surface area (Å²) in [5.41, 5.74) is 0.837. The molecule has 0 aliphatic heterocycles. The monoisotopic (exact) mass is 252 g/mol. The number of nitrogens with one attached hydrogen (secondary N) is 1. The third-order valence-corrected chi connectivity index (χ3v) is 5.46. The van der Waals surface area contributed by atoms with Gasteiger partial charge in [0.15, 0.2) is 0 Å². The largest absolute Gasteiger partial charge is 0.349 e. The number of rotatable bonds is 4. The molecule has 0 saturated heterocycles. The van der Waals surface area contributed by atoms with E-state index in [4.69, 9.17) is 0 Å². The van der Waals surface area contributed by atoms with E-state index in [0.29, 0.717) is 23.3 Å². The second-order valence-corrected chi connectivity index (χ2v) is 7.34. The highest BCUT2D eigenvalue weighted by molar-refractivity contribution is 5.75. The van der Waals surface area contributed by atoms with Crippen LogP contribution in [0.15, 0.2) is 0 Å². The van der Waals surface area contributed by atoms with Crippen molar-refractivity contribution in [3.05, 3.63) is 0 Å². The Balaban J connectivity index is 1.91. The van der Waals surface area contributed by atoms with Crippen molar-refractivity contribution in [1.82, 2.24) is 10.2 Å². The zero-order valence-corrected chi connectivity index (χ0v) is 12.5. The fourth-order valence-electron chi connectivity index (χ4n) is 4.36. The molecule has 3 nitrogen and oxygen atoms in total. The first kappa shape index (κ1) is 13.9. The highest BCUT2D eigenvalue weighted by Crippen LogP contribution is 2.62. The summed E-state index contributed by atoms with van der Waals surface area (Å²) in [6.07, 6.45) is 4.71. The van der Waals surface area contributed by atoms with Gasteiger partial charge < -0.3 is 10.2 Å². The summed E-state index contributed by atoms with van der Waals surface area (Å²) in [5.74, 6) is 1.08. The highest BCUT2D eigenvalue weighted by Gasteiger charge is 2.58. The summed E-state index contributed by atoms with van der Waals surface area (Å²) < 4.78 is 0. The van der Waals surface area contributed by atoms with Crippen molar-refractivity contribution >= 4 is 5.91 Å². The van der Waals surface area contributed by atoms with Crippen LogP contribution >= 0.6 is 0 Å². The summed E-state index contributed by atoms with van der Waals surface area (Å²) in [6, 6.07) is 0.568. The predicted molar refractivity (Wildman–Crippen MR) is 74.3 cm³/mol. The third-order valence-electron chi connectivity index (χ3n) is 5.46. The minimum atomic E-state index is 0.216. The molecule has 0 radical (unpaired) electrons. The molecule has 1 amide bonds. The Kier molecular flexibility index (Phi) is 3.48. The quantitative estimate of drug-likeness (QED) is 0.832. The molecular weight excluding hydrogens is 224 g/mol. The molecule has 0 aromatic rings. The Morgan fingerprint density at radius 3 is 2.50 bits per heavy atom. The zero-order chi connectivity index (χ0) is 13.6. The normalized spacial score (nSPS) is 36.9. The topological polar surface area (TPSA) is 32.3 Å². The summed E-state index contributed by atoms with van der Waals surface area (Å²) >= 11 is 0. The average Bonchev–Trinajstić information content (AvgIpc) is 2.73. The Morgan fingerprint density at radius 2 is 2.00 bits per heavy atom. The van der Waals surface area contributed by atoms with E-state index >= 15 is 0 Å². The van der Waals surface area contributed by atoms with E-state index in [9.17, 15) is 4.79 Å². The van der Waals surface area contributed by atoms with E-state index in [1.54, 1.807) is 4.90 Å². The maximum absolute atomic E-state index is 11.6. The zero-order valence-electron chi connectivity index (χ0n) is 12.5. The van der Waals surface area contributed by atoms with Crippen molar-refractivity contribution < 1.29 is 4.79 Å². The molecule has 0 spiro atoms. The van der Waals surface area contributed by atoms with Gasteiger partial charge in [0.1, 0.15) is 0 Å². The first-order chi connectivity index (χ1) is 8.27. The lowest BCUT2D eigenvalue weighted by Crippen LogP contribution is -2.50. The summed E-state index contributed by atoms with van der Waals surface area (Å²) in [6.45, 7) is 8.03. The molecule has 1 N–H and O–H groups in total. The van der Waals surface area contributed by atoms with Crippen LogP contribution in [-0.2, 0) is 4.79 Å². The van der Waals surface area contributed by atoms with Gasteiger partial charge in [-0.25, -0.2) is 0 Å². The Labute approximate surface area is 111 Å². The van der Waals surface area contributed by atoms with E-state index in [0.717, 1.165) is 12.5 Å². The lowest BCUT2D eigenvalue weighted by Gasteiger charge is -2.43. The van der Waals surface area contributed by atoms with Crippen molar-refractivity contribution in [2.75, 3.05) is 20.6 Å². The number of hydrogen-bond acceptors (Lipinski definition) is 2. The van der Waals surface area contributed by atoms with Crippen molar-refractivity contribution in [3.8, 4) is 0 Å². The molecule has 0 aromatic carbocycles. The van der Waals surface area contributed by atoms with Crippen LogP contribution < -0.4 is 5.32 Å². The van der Waals surface area contributed by atoms with Crippen LogP contribution in [0.1, 0.15) is 46.5 Å². The lowest BCUT2D eigenvalue weighted by atomic mass is 9.68. The maximum Gasteiger partial charge on any atom is 0.223 e. The van der Waals surface area contributed by atoms with Crippen molar-refractivity contribution in [2.45, 2.75) is 52.5 Å². The van der Waals surface area contributed by atoms with Crippen LogP contribution in [0.3, 0.4) is 0 Å². The number of carbonyl (C=O) groups is 1. The van der Waals surface area contributed by atoms with Crippen molar-refractivity contribution in [3.63, 3.8) is 0 Å². The van der Waals surface area contributed by atoms with Crippen molar-refractivity contribution in [2.24, 2.45) is 16.7 Å². The second kappa shape index (κ2) is 4.52. The van der Waals surface area contributed by atoms with Gasteiger partial charge >= 0.3 is 0 Å². The number of carbonyl (C=O) groups excluding carboxylic acids is 1. The molecule has 2 saturated carbocycles. The molecule has 104 valence electrons. The van der Waals surface area contributed by atoms with Crippen LogP contribution in [0.2, 0.25) is 0 Å². The SMILES string of the molecule is CN(C)C(=O)CCNC1C2(C)CCC(C2)C1(C)C. The number of amides is 1. The summed E-state index contributed by atoms with van der Waals surface area (Å²) in [5, 5.41) is 3.68. The molecular formula is C15H28N2O. The van der Waals surface area contributed by atoms with Crippen LogP contribution in [0.25, 0.3) is 0 Å². The van der Waals surface area contributed by atoms with Gasteiger partial charge in [0, 0.05) is 33.1 Å². The number of fused-ring (bicyclic) bond motifs is 2. The predicted octanol–water partition coefficient (Wildman–Crippen LogP) is 2.27. The maximum atomic E-state index is 11.6. The van der Waals surface area contributed by atoms with Gasteiger partial charge in [0.2, 0.25) is 5.91 Å². The van der Waals surface area contributed by atoms with Gasteiger partial charge in [-0.05, 0) is 36.0 Å². The molecule has 2 fully saturated rings. The Bertz CT molecular complexity index is 333. The van der Waals surface area contributed by atoms with Crippen molar-refractivity contribution in [1.29, 1.82) is 0 Å². The number of hydrogen-bond donors (Lipinski definition) is 1. The van der Waals surface area contributed by atoms with E-state index in [-0.39, 0.29) is 5.91 Å². The fourth-order valence-corrected chi connectivity index (χ4v) is 4.36. The molecule has 3 unspecified atom stereocenters. The van der Waals surface area contributed by atoms with Gasteiger partial charge in [0.25, 0.3) is 0 Å². The van der Waals surface area contributed by atoms with E-state index in [1.165, 1.54) is 19.3 Å². The molecule has 0 aromatic heterocycles. The molecule has 3 atom stereocenters. The Morgan fingerprint density at radius 1 is 1.33 bits per heavy atom. The molecule has 0 heterocycles. The van der Waals surface area contributed by atoms with Crippen LogP contribution in [0.5, 0.6) is 0 Å². The smallest absolute Gasteiger partial charge is 0.223 e. The molecule has 2 rings (SSSR count). The average molecular weight is 252 g/mol. The summed E-state index contributed by atoms with van der Waals surface area (Å²) in [7, 11) is 3.65. The van der Waals surface area contributed by atoms with Gasteiger partial charge in [-0.3, -0.25) is 4.79 Å². The standard InChI is InChI=1S/C15H28N2O/c1-14(2)11-6-8-15(3,10-11)13(14)16-9-7-12(18)17(4)5/h11,13,16H,6-10H2,1-5H3. The van der Waals surface area contributed by atoms with Crippen LogP contribution in [0, 0.1) is 16.7 Å². The second-order valence-electron chi connectivity index (χ2n) is 7.34. The van der Waals surface area contributed by atoms with E-state index in [2.05, 4.69) is 26.1 Å². The highest BCUT2D eigenvalue weighted by atomic mass is 16.2. The molecule has 18 heavy (non-hydrogen) atoms. The van der Waals surface area contributed by atoms with Crippen LogP contribution in [-0.4, -0.2) is 37.5 Å². The lowest BCUT2D eigenvalue weighted by molar-refractivity contribution is -0.128. The van der Waals surface area contributed by atoms with Crippen LogP contribution in [0.4, 0.5) is 0 Å². The molecule has 2 aliphatic rings. The first-order valence-corrected chi connectivity index (χ1v) is 7.21. The van der Waals surface area contributed by atoms with Gasteiger partial charge in [0.05, 0.1) is 0 Å². The third kappa shape index (κ3) is 2.18.